The minimum absolute atomic E-state index is 0.617. The summed E-state index contributed by atoms with van der Waals surface area (Å²) in [4.78, 5) is 7.70. The quantitative estimate of drug-likeness (QED) is 0.280. The molecule has 1 aromatic heterocycles. The molecule has 2 aromatic carbocycles. The predicted molar refractivity (Wildman–Crippen MR) is 110 cm³/mol. The maximum Gasteiger partial charge on any atom is 0.231 e. The molecule has 0 aliphatic heterocycles. The normalized spacial score (nSPS) is 11.2. The van der Waals surface area contributed by atoms with Crippen LogP contribution in [0.2, 0.25) is 0 Å². The van der Waals surface area contributed by atoms with Crippen molar-refractivity contribution in [2.75, 3.05) is 18.0 Å². The van der Waals surface area contributed by atoms with Crippen molar-refractivity contribution in [2.24, 2.45) is 10.2 Å². The molecule has 1 heterocycles. The highest BCUT2D eigenvalue weighted by Gasteiger charge is 2.07. The number of aryl methyl sites for hydroxylation is 1. The van der Waals surface area contributed by atoms with Crippen molar-refractivity contribution >= 4 is 49.8 Å². The molecule has 0 unspecified atom stereocenters. The van der Waals surface area contributed by atoms with Gasteiger partial charge in [0.25, 0.3) is 0 Å². The van der Waals surface area contributed by atoms with Crippen LogP contribution in [0.15, 0.2) is 51.5 Å². The van der Waals surface area contributed by atoms with Crippen LogP contribution in [0.5, 0.6) is 0 Å². The number of fused-ring (bicyclic) bond motifs is 1. The summed E-state index contributed by atoms with van der Waals surface area (Å²) in [5.74, 6) is 0. The molecule has 0 aliphatic carbocycles. The van der Waals surface area contributed by atoms with Gasteiger partial charge in [-0.05, 0) is 74.5 Å². The van der Waals surface area contributed by atoms with Crippen molar-refractivity contribution in [3.63, 3.8) is 0 Å². The standard InChI is InChI=1S/C19H19N5S2/c1-4-24(5-2)14-6-8-16(13(3)10-14)22-23-19-21-17-9-7-15(25-12-20)11-18(17)26-19/h6-11H,4-5H2,1-3H3/b23-22+. The van der Waals surface area contributed by atoms with Gasteiger partial charge in [0, 0.05) is 23.7 Å². The molecule has 0 bridgehead atoms. The summed E-state index contributed by atoms with van der Waals surface area (Å²) in [5, 5.41) is 20.2. The Morgan fingerprint density at radius 2 is 1.96 bits per heavy atom. The molecule has 0 amide bonds. The summed E-state index contributed by atoms with van der Waals surface area (Å²) in [6.45, 7) is 8.31. The summed E-state index contributed by atoms with van der Waals surface area (Å²) in [5.41, 5.74) is 4.02. The Labute approximate surface area is 161 Å². The van der Waals surface area contributed by atoms with E-state index in [-0.39, 0.29) is 0 Å². The third-order valence-corrected chi connectivity index (χ3v) is 5.55. The van der Waals surface area contributed by atoms with Crippen LogP contribution in [-0.4, -0.2) is 18.1 Å². The third-order valence-electron chi connectivity index (χ3n) is 4.06. The van der Waals surface area contributed by atoms with Crippen molar-refractivity contribution in [1.29, 1.82) is 5.26 Å². The Bertz CT molecular complexity index is 983. The van der Waals surface area contributed by atoms with Crippen LogP contribution in [0.4, 0.5) is 16.5 Å². The lowest BCUT2D eigenvalue weighted by Gasteiger charge is -2.21. The van der Waals surface area contributed by atoms with Crippen LogP contribution in [0, 0.1) is 17.6 Å². The number of hydrogen-bond acceptors (Lipinski definition) is 7. The van der Waals surface area contributed by atoms with E-state index in [0.717, 1.165) is 51.2 Å². The lowest BCUT2D eigenvalue weighted by molar-refractivity contribution is 0.865. The van der Waals surface area contributed by atoms with Crippen LogP contribution in [-0.2, 0) is 0 Å². The zero-order valence-electron chi connectivity index (χ0n) is 14.9. The van der Waals surface area contributed by atoms with Crippen molar-refractivity contribution < 1.29 is 0 Å². The molecule has 5 nitrogen and oxygen atoms in total. The molecule has 26 heavy (non-hydrogen) atoms. The Morgan fingerprint density at radius 3 is 2.65 bits per heavy atom. The van der Waals surface area contributed by atoms with E-state index >= 15 is 0 Å². The van der Waals surface area contributed by atoms with E-state index < -0.39 is 0 Å². The molecule has 0 saturated heterocycles. The van der Waals surface area contributed by atoms with E-state index in [4.69, 9.17) is 5.26 Å². The number of nitriles is 1. The van der Waals surface area contributed by atoms with E-state index in [2.05, 4.69) is 51.5 Å². The largest absolute Gasteiger partial charge is 0.372 e. The number of thioether (sulfide) groups is 1. The first kappa shape index (κ1) is 18.4. The molecule has 0 spiro atoms. The molecule has 3 rings (SSSR count). The van der Waals surface area contributed by atoms with Crippen LogP contribution in [0.3, 0.4) is 0 Å². The average Bonchev–Trinajstić information content (AvgIpc) is 3.04. The number of azo groups is 1. The zero-order chi connectivity index (χ0) is 18.5. The van der Waals surface area contributed by atoms with E-state index in [1.54, 1.807) is 0 Å². The Balaban J connectivity index is 1.83. The van der Waals surface area contributed by atoms with Crippen LogP contribution < -0.4 is 4.90 Å². The SMILES string of the molecule is CCN(CC)c1ccc(/N=N/c2nc3ccc(SC#N)cc3s2)c(C)c1. The number of rotatable bonds is 6. The summed E-state index contributed by atoms with van der Waals surface area (Å²) in [6.07, 6.45) is 0. The van der Waals surface area contributed by atoms with Gasteiger partial charge in [-0.1, -0.05) is 11.3 Å². The van der Waals surface area contributed by atoms with Gasteiger partial charge in [0.1, 0.15) is 5.40 Å². The van der Waals surface area contributed by atoms with Crippen molar-refractivity contribution in [3.05, 3.63) is 42.0 Å². The van der Waals surface area contributed by atoms with Crippen LogP contribution in [0.1, 0.15) is 19.4 Å². The summed E-state index contributed by atoms with van der Waals surface area (Å²) in [7, 11) is 0. The molecule has 0 radical (unpaired) electrons. The number of hydrogen-bond donors (Lipinski definition) is 0. The number of thiazole rings is 1. The van der Waals surface area contributed by atoms with Gasteiger partial charge in [-0.25, -0.2) is 4.98 Å². The van der Waals surface area contributed by atoms with Crippen molar-refractivity contribution in [3.8, 4) is 5.40 Å². The van der Waals surface area contributed by atoms with E-state index in [1.807, 2.05) is 31.2 Å². The molecular formula is C19H19N5S2. The topological polar surface area (TPSA) is 64.6 Å². The molecule has 7 heteroatoms. The van der Waals surface area contributed by atoms with Gasteiger partial charge >= 0.3 is 0 Å². The van der Waals surface area contributed by atoms with Gasteiger partial charge < -0.3 is 4.90 Å². The van der Waals surface area contributed by atoms with Gasteiger partial charge in [0.05, 0.1) is 15.9 Å². The highest BCUT2D eigenvalue weighted by atomic mass is 32.2. The lowest BCUT2D eigenvalue weighted by atomic mass is 10.1. The predicted octanol–water partition coefficient (Wildman–Crippen LogP) is 6.44. The van der Waals surface area contributed by atoms with Gasteiger partial charge in [-0.15, -0.1) is 10.2 Å². The van der Waals surface area contributed by atoms with Gasteiger partial charge in [0.2, 0.25) is 5.13 Å². The molecule has 0 N–H and O–H groups in total. The van der Waals surface area contributed by atoms with E-state index in [0.29, 0.717) is 5.13 Å². The third kappa shape index (κ3) is 4.03. The van der Waals surface area contributed by atoms with Gasteiger partial charge in [-0.3, -0.25) is 0 Å². The van der Waals surface area contributed by atoms with E-state index in [1.165, 1.54) is 17.0 Å². The number of thiocyanates is 1. The van der Waals surface area contributed by atoms with Gasteiger partial charge in [-0.2, -0.15) is 5.26 Å². The second-order valence-corrected chi connectivity index (χ2v) is 7.53. The molecular weight excluding hydrogens is 362 g/mol. The first-order valence-electron chi connectivity index (χ1n) is 8.38. The van der Waals surface area contributed by atoms with Crippen molar-refractivity contribution in [2.45, 2.75) is 25.7 Å². The number of benzene rings is 2. The second-order valence-electron chi connectivity index (χ2n) is 5.66. The molecule has 132 valence electrons. The highest BCUT2D eigenvalue weighted by Crippen LogP contribution is 2.33. The fraction of sp³-hybridized carbons (Fsp3) is 0.263. The Morgan fingerprint density at radius 1 is 1.15 bits per heavy atom. The number of aromatic nitrogens is 1. The first-order valence-corrected chi connectivity index (χ1v) is 10.0. The van der Waals surface area contributed by atoms with Crippen LogP contribution >= 0.6 is 23.1 Å². The fourth-order valence-electron chi connectivity index (χ4n) is 2.69. The van der Waals surface area contributed by atoms with E-state index in [9.17, 15) is 0 Å². The molecule has 0 atom stereocenters. The zero-order valence-corrected chi connectivity index (χ0v) is 16.6. The minimum Gasteiger partial charge on any atom is -0.372 e. The number of nitrogens with zero attached hydrogens (tertiary/aromatic N) is 5. The lowest BCUT2D eigenvalue weighted by Crippen LogP contribution is -2.21. The van der Waals surface area contributed by atoms with Gasteiger partial charge in [0.15, 0.2) is 0 Å². The maximum atomic E-state index is 8.78. The summed E-state index contributed by atoms with van der Waals surface area (Å²) >= 11 is 2.62. The first-order chi connectivity index (χ1) is 12.6. The molecule has 0 aliphatic rings. The number of anilines is 1. The molecule has 0 fully saturated rings. The molecule has 3 aromatic rings. The van der Waals surface area contributed by atoms with Crippen molar-refractivity contribution in [1.82, 2.24) is 4.98 Å². The second kappa shape index (κ2) is 8.30. The highest BCUT2D eigenvalue weighted by molar-refractivity contribution is 8.03. The summed E-state index contributed by atoms with van der Waals surface area (Å²) < 4.78 is 1.01. The van der Waals surface area contributed by atoms with Crippen LogP contribution in [0.25, 0.3) is 10.2 Å². The maximum absolute atomic E-state index is 8.78. The monoisotopic (exact) mass is 381 g/mol. The minimum atomic E-state index is 0.617. The fourth-order valence-corrected chi connectivity index (χ4v) is 4.01. The Hall–Kier alpha value is -2.43. The molecule has 0 saturated carbocycles. The summed E-state index contributed by atoms with van der Waals surface area (Å²) in [6, 6.07) is 12.0. The average molecular weight is 382 g/mol. The smallest absolute Gasteiger partial charge is 0.231 e. The Kier molecular flexibility index (Phi) is 5.86.